The lowest BCUT2D eigenvalue weighted by Gasteiger charge is -2.10. The van der Waals surface area contributed by atoms with Gasteiger partial charge in [-0.1, -0.05) is 12.1 Å². The molecule has 24 heavy (non-hydrogen) atoms. The molecule has 118 valence electrons. The van der Waals surface area contributed by atoms with Gasteiger partial charge in [-0.25, -0.2) is 9.97 Å². The van der Waals surface area contributed by atoms with E-state index in [-0.39, 0.29) is 0 Å². The van der Waals surface area contributed by atoms with Crippen LogP contribution in [-0.2, 0) is 13.0 Å². The van der Waals surface area contributed by atoms with Crippen LogP contribution in [0.25, 0.3) is 21.6 Å². The Morgan fingerprint density at radius 1 is 1.17 bits per heavy atom. The molecule has 4 aromatic rings. The lowest BCUT2D eigenvalue weighted by atomic mass is 10.1. The molecule has 5 rings (SSSR count). The van der Waals surface area contributed by atoms with Crippen molar-refractivity contribution in [3.05, 3.63) is 65.4 Å². The number of ether oxygens (including phenoxy) is 1. The van der Waals surface area contributed by atoms with Gasteiger partial charge in [-0.15, -0.1) is 11.3 Å². The molecule has 0 radical (unpaired) electrons. The van der Waals surface area contributed by atoms with E-state index in [1.54, 1.807) is 11.3 Å². The number of thiazole rings is 1. The van der Waals surface area contributed by atoms with Crippen LogP contribution in [0.15, 0.2) is 54.3 Å². The number of nitrogens with zero attached hydrogens (tertiary/aromatic N) is 3. The smallest absolute Gasteiger partial charge is 0.140 e. The second-order valence-electron chi connectivity index (χ2n) is 5.92. The van der Waals surface area contributed by atoms with Crippen molar-refractivity contribution in [3.8, 4) is 17.1 Å². The third-order valence-corrected chi connectivity index (χ3v) is 5.36. The van der Waals surface area contributed by atoms with Gasteiger partial charge in [0, 0.05) is 24.4 Å². The zero-order valence-electron chi connectivity index (χ0n) is 13.0. The van der Waals surface area contributed by atoms with E-state index in [9.17, 15) is 0 Å². The maximum Gasteiger partial charge on any atom is 0.140 e. The van der Waals surface area contributed by atoms with Crippen LogP contribution in [-0.4, -0.2) is 21.1 Å². The quantitative estimate of drug-likeness (QED) is 0.565. The molecular weight excluding hydrogens is 318 g/mol. The van der Waals surface area contributed by atoms with Crippen LogP contribution < -0.4 is 4.74 Å². The van der Waals surface area contributed by atoms with Gasteiger partial charge >= 0.3 is 0 Å². The molecule has 2 aromatic heterocycles. The molecule has 0 aliphatic carbocycles. The summed E-state index contributed by atoms with van der Waals surface area (Å²) < 4.78 is 9.05. The van der Waals surface area contributed by atoms with Crippen molar-refractivity contribution in [3.63, 3.8) is 0 Å². The maximum atomic E-state index is 5.60. The van der Waals surface area contributed by atoms with Crippen LogP contribution in [0.3, 0.4) is 0 Å². The summed E-state index contributed by atoms with van der Waals surface area (Å²) in [5.41, 5.74) is 6.66. The minimum atomic E-state index is 0.778. The number of rotatable bonds is 3. The van der Waals surface area contributed by atoms with Crippen molar-refractivity contribution in [2.45, 2.75) is 13.0 Å². The predicted molar refractivity (Wildman–Crippen MR) is 95.6 cm³/mol. The third kappa shape index (κ3) is 2.20. The van der Waals surface area contributed by atoms with E-state index in [1.165, 1.54) is 15.8 Å². The highest BCUT2D eigenvalue weighted by Gasteiger charge is 2.15. The summed E-state index contributed by atoms with van der Waals surface area (Å²) in [6.45, 7) is 1.57. The second kappa shape index (κ2) is 5.46. The monoisotopic (exact) mass is 333 g/mol. The van der Waals surface area contributed by atoms with Gasteiger partial charge in [0.2, 0.25) is 0 Å². The molecule has 0 saturated heterocycles. The van der Waals surface area contributed by atoms with Gasteiger partial charge in [-0.2, -0.15) is 0 Å². The van der Waals surface area contributed by atoms with E-state index < -0.39 is 0 Å². The van der Waals surface area contributed by atoms with Crippen molar-refractivity contribution in [2.24, 2.45) is 0 Å². The average Bonchev–Trinajstić information content (AvgIpc) is 3.34. The van der Waals surface area contributed by atoms with E-state index in [4.69, 9.17) is 4.74 Å². The Kier molecular flexibility index (Phi) is 3.13. The average molecular weight is 333 g/mol. The summed E-state index contributed by atoms with van der Waals surface area (Å²) >= 11 is 1.69. The molecule has 4 nitrogen and oxygen atoms in total. The number of benzene rings is 2. The molecule has 1 aliphatic heterocycles. The van der Waals surface area contributed by atoms with Crippen LogP contribution in [0.1, 0.15) is 11.1 Å². The molecule has 0 atom stereocenters. The summed E-state index contributed by atoms with van der Waals surface area (Å²) in [7, 11) is 0. The van der Waals surface area contributed by atoms with Crippen LogP contribution >= 0.6 is 11.3 Å². The Hall–Kier alpha value is -2.66. The van der Waals surface area contributed by atoms with Crippen molar-refractivity contribution >= 4 is 21.6 Å². The summed E-state index contributed by atoms with van der Waals surface area (Å²) in [6.07, 6.45) is 4.88. The first kappa shape index (κ1) is 13.7. The number of imidazole rings is 1. The van der Waals surface area contributed by atoms with Crippen molar-refractivity contribution in [1.82, 2.24) is 14.5 Å². The summed E-state index contributed by atoms with van der Waals surface area (Å²) in [5, 5.41) is 0. The van der Waals surface area contributed by atoms with Crippen LogP contribution in [0.4, 0.5) is 0 Å². The van der Waals surface area contributed by atoms with Crippen LogP contribution in [0.5, 0.6) is 5.75 Å². The molecule has 0 bridgehead atoms. The zero-order chi connectivity index (χ0) is 15.9. The Morgan fingerprint density at radius 3 is 3.17 bits per heavy atom. The fraction of sp³-hybridized carbons (Fsp3) is 0.158. The number of aromatic nitrogens is 3. The molecule has 5 heteroatoms. The summed E-state index contributed by atoms with van der Waals surface area (Å²) in [4.78, 5) is 8.99. The Morgan fingerprint density at radius 2 is 2.17 bits per heavy atom. The van der Waals surface area contributed by atoms with Gasteiger partial charge in [-0.3, -0.25) is 0 Å². The van der Waals surface area contributed by atoms with Crippen molar-refractivity contribution in [2.75, 3.05) is 6.61 Å². The Labute approximate surface area is 143 Å². The molecule has 0 amide bonds. The second-order valence-corrected chi connectivity index (χ2v) is 6.77. The van der Waals surface area contributed by atoms with E-state index in [1.807, 2.05) is 17.9 Å². The number of hydrogen-bond acceptors (Lipinski definition) is 4. The first-order valence-electron chi connectivity index (χ1n) is 7.97. The largest absolute Gasteiger partial charge is 0.493 e. The standard InChI is InChI=1S/C19H15N3OS/c1-2-15(18-16(3-1)21-12-24-18)11-22-8-7-20-19(22)14-4-5-17-13(10-14)6-9-23-17/h1-5,7-8,10,12H,6,9,11H2. The highest BCUT2D eigenvalue weighted by Crippen LogP contribution is 2.30. The minimum absolute atomic E-state index is 0.778. The first-order chi connectivity index (χ1) is 11.9. The molecular formula is C19H15N3OS. The van der Waals surface area contributed by atoms with Crippen molar-refractivity contribution < 1.29 is 4.74 Å². The van der Waals surface area contributed by atoms with Gasteiger partial charge in [0.15, 0.2) is 0 Å². The molecule has 0 unspecified atom stereocenters. The third-order valence-electron chi connectivity index (χ3n) is 4.44. The first-order valence-corrected chi connectivity index (χ1v) is 8.85. The molecule has 2 aromatic carbocycles. The number of fused-ring (bicyclic) bond motifs is 2. The molecule has 0 N–H and O–H groups in total. The minimum Gasteiger partial charge on any atom is -0.493 e. The van der Waals surface area contributed by atoms with E-state index >= 15 is 0 Å². The molecule has 0 saturated carbocycles. The van der Waals surface area contributed by atoms with Crippen molar-refractivity contribution in [1.29, 1.82) is 0 Å². The fourth-order valence-corrected chi connectivity index (χ4v) is 4.07. The van der Waals surface area contributed by atoms with Gasteiger partial charge in [0.05, 0.1) is 28.9 Å². The lowest BCUT2D eigenvalue weighted by molar-refractivity contribution is 0.357. The topological polar surface area (TPSA) is 39.9 Å². The van der Waals surface area contributed by atoms with E-state index in [0.717, 1.165) is 42.2 Å². The van der Waals surface area contributed by atoms with Gasteiger partial charge in [0.25, 0.3) is 0 Å². The maximum absolute atomic E-state index is 5.60. The van der Waals surface area contributed by atoms with Gasteiger partial charge in [-0.05, 0) is 35.4 Å². The van der Waals surface area contributed by atoms with Gasteiger partial charge < -0.3 is 9.30 Å². The highest BCUT2D eigenvalue weighted by molar-refractivity contribution is 7.16. The summed E-state index contributed by atoms with van der Waals surface area (Å²) in [5.74, 6) is 2.00. The molecule has 0 spiro atoms. The van der Waals surface area contributed by atoms with Crippen LogP contribution in [0, 0.1) is 0 Å². The SMILES string of the molecule is c1cc(Cn2ccnc2-c2ccc3c(c2)CCO3)c2scnc2c1. The summed E-state index contributed by atoms with van der Waals surface area (Å²) in [6, 6.07) is 12.7. The van der Waals surface area contributed by atoms with E-state index in [0.29, 0.717) is 0 Å². The molecule has 3 heterocycles. The number of hydrogen-bond donors (Lipinski definition) is 0. The highest BCUT2D eigenvalue weighted by atomic mass is 32.1. The van der Waals surface area contributed by atoms with Crippen LogP contribution in [0.2, 0.25) is 0 Å². The zero-order valence-corrected chi connectivity index (χ0v) is 13.8. The fourth-order valence-electron chi connectivity index (χ4n) is 3.28. The Balaban J connectivity index is 1.55. The molecule has 0 fully saturated rings. The predicted octanol–water partition coefficient (Wildman–Crippen LogP) is 4.14. The normalized spacial score (nSPS) is 13.2. The Bertz CT molecular complexity index is 1030. The van der Waals surface area contributed by atoms with E-state index in [2.05, 4.69) is 50.9 Å². The molecule has 1 aliphatic rings. The van der Waals surface area contributed by atoms with Gasteiger partial charge in [0.1, 0.15) is 11.6 Å². The lowest BCUT2D eigenvalue weighted by Crippen LogP contribution is -2.01.